The summed E-state index contributed by atoms with van der Waals surface area (Å²) in [4.78, 5) is 0. The van der Waals surface area contributed by atoms with Crippen molar-refractivity contribution in [1.29, 1.82) is 0 Å². The van der Waals surface area contributed by atoms with E-state index in [1.165, 1.54) is 5.57 Å². The van der Waals surface area contributed by atoms with E-state index < -0.39 is 6.10 Å². The van der Waals surface area contributed by atoms with Crippen LogP contribution in [0.5, 0.6) is 0 Å². The lowest BCUT2D eigenvalue weighted by Crippen LogP contribution is -2.31. The Kier molecular flexibility index (Phi) is 8.31. The Bertz CT molecular complexity index is 387. The zero-order valence-corrected chi connectivity index (χ0v) is 13.5. The van der Waals surface area contributed by atoms with E-state index >= 15 is 0 Å². The van der Waals surface area contributed by atoms with Gasteiger partial charge in [0.05, 0.1) is 11.8 Å². The molecule has 0 bridgehead atoms. The summed E-state index contributed by atoms with van der Waals surface area (Å²) in [5, 5.41) is 22.8. The van der Waals surface area contributed by atoms with Crippen molar-refractivity contribution in [3.8, 4) is 0 Å². The van der Waals surface area contributed by atoms with E-state index in [1.54, 1.807) is 7.11 Å². The molecular weight excluding hydrogens is 266 g/mol. The molecule has 3 atom stereocenters. The van der Waals surface area contributed by atoms with Crippen molar-refractivity contribution in [1.82, 2.24) is 0 Å². The number of aliphatic hydroxyl groups excluding tert-OH is 1. The highest BCUT2D eigenvalue weighted by Gasteiger charge is 2.21. The van der Waals surface area contributed by atoms with Crippen molar-refractivity contribution in [2.45, 2.75) is 64.6 Å². The van der Waals surface area contributed by atoms with Gasteiger partial charge in [0, 0.05) is 13.0 Å². The van der Waals surface area contributed by atoms with Crippen LogP contribution in [0.3, 0.4) is 0 Å². The van der Waals surface area contributed by atoms with Crippen molar-refractivity contribution in [3.63, 3.8) is 0 Å². The first-order valence-electron chi connectivity index (χ1n) is 7.83. The van der Waals surface area contributed by atoms with Crippen LogP contribution < -0.4 is 0 Å². The molecule has 1 aliphatic carbocycles. The number of oxime groups is 1. The second-order valence-corrected chi connectivity index (χ2v) is 5.90. The van der Waals surface area contributed by atoms with Crippen LogP contribution in [0.15, 0.2) is 29.0 Å². The summed E-state index contributed by atoms with van der Waals surface area (Å²) in [6.45, 7) is 4.06. The van der Waals surface area contributed by atoms with Crippen LogP contribution in [0.25, 0.3) is 0 Å². The van der Waals surface area contributed by atoms with Crippen LogP contribution in [0.4, 0.5) is 0 Å². The zero-order chi connectivity index (χ0) is 15.7. The topological polar surface area (TPSA) is 62.0 Å². The Hall–Kier alpha value is -1.13. The van der Waals surface area contributed by atoms with Gasteiger partial charge in [-0.05, 0) is 45.4 Å². The minimum Gasteiger partial charge on any atom is -0.411 e. The van der Waals surface area contributed by atoms with E-state index in [4.69, 9.17) is 9.94 Å². The summed E-state index contributed by atoms with van der Waals surface area (Å²) in [5.74, 6) is 0.0251. The van der Waals surface area contributed by atoms with Crippen LogP contribution in [0, 0.1) is 5.92 Å². The average molecular weight is 295 g/mol. The molecule has 4 nitrogen and oxygen atoms in total. The summed E-state index contributed by atoms with van der Waals surface area (Å²) in [6, 6.07) is 0. The van der Waals surface area contributed by atoms with E-state index in [-0.39, 0.29) is 12.0 Å². The Balaban J connectivity index is 2.82. The van der Waals surface area contributed by atoms with Gasteiger partial charge >= 0.3 is 0 Å². The van der Waals surface area contributed by atoms with Crippen LogP contribution >= 0.6 is 0 Å². The van der Waals surface area contributed by atoms with E-state index in [9.17, 15) is 5.11 Å². The number of nitrogens with zero attached hydrogens (tertiary/aromatic N) is 1. The van der Waals surface area contributed by atoms with Gasteiger partial charge < -0.3 is 15.1 Å². The molecular formula is C17H29NO3. The van der Waals surface area contributed by atoms with Gasteiger partial charge in [-0.25, -0.2) is 0 Å². The molecule has 1 rings (SSSR count). The number of allylic oxidation sites excluding steroid dienone is 2. The normalized spacial score (nSPS) is 35.7. The standard InChI is InChI=1S/C17H29NO3/c1-13-10-11-15(18-20)8-6-4-5-7-9-16(21-3)17(19)14(2)12-13/h7,9,12,14,16-17,19-20H,4-6,8,10-11H2,1-3H3/b9-7+,13-12-,18-15?/t14?,16-,17-/m0/s1. The van der Waals surface area contributed by atoms with Crippen molar-refractivity contribution in [2.75, 3.05) is 7.11 Å². The Morgan fingerprint density at radius 2 is 2.00 bits per heavy atom. The highest BCUT2D eigenvalue weighted by atomic mass is 16.5. The highest BCUT2D eigenvalue weighted by Crippen LogP contribution is 2.18. The molecule has 1 aliphatic rings. The fourth-order valence-corrected chi connectivity index (χ4v) is 2.65. The first-order chi connectivity index (χ1) is 10.1. The molecule has 0 aromatic heterocycles. The number of ether oxygens (including phenoxy) is 1. The quantitative estimate of drug-likeness (QED) is 0.440. The Morgan fingerprint density at radius 3 is 2.67 bits per heavy atom. The van der Waals surface area contributed by atoms with E-state index in [1.807, 2.05) is 13.0 Å². The third-order valence-electron chi connectivity index (χ3n) is 4.06. The lowest BCUT2D eigenvalue weighted by molar-refractivity contribution is -0.00187. The van der Waals surface area contributed by atoms with Gasteiger partial charge in [-0.3, -0.25) is 0 Å². The van der Waals surface area contributed by atoms with Crippen molar-refractivity contribution in [2.24, 2.45) is 11.1 Å². The number of hydrogen-bond acceptors (Lipinski definition) is 4. The van der Waals surface area contributed by atoms with Gasteiger partial charge in [-0.1, -0.05) is 35.9 Å². The minimum atomic E-state index is -0.546. The molecule has 0 spiro atoms. The number of aliphatic hydroxyl groups is 1. The fourth-order valence-electron chi connectivity index (χ4n) is 2.65. The van der Waals surface area contributed by atoms with Gasteiger partial charge in [-0.15, -0.1) is 0 Å². The lowest BCUT2D eigenvalue weighted by Gasteiger charge is -2.23. The predicted molar refractivity (Wildman–Crippen MR) is 85.8 cm³/mol. The molecule has 1 unspecified atom stereocenters. The molecule has 0 heterocycles. The number of methoxy groups -OCH3 is 1. The van der Waals surface area contributed by atoms with Crippen LogP contribution in [-0.4, -0.2) is 35.3 Å². The summed E-state index contributed by atoms with van der Waals surface area (Å²) < 4.78 is 5.39. The third kappa shape index (κ3) is 6.44. The Labute approximate surface area is 128 Å². The molecule has 0 saturated heterocycles. The Morgan fingerprint density at radius 1 is 1.24 bits per heavy atom. The maximum Gasteiger partial charge on any atom is 0.102 e. The van der Waals surface area contributed by atoms with Gasteiger partial charge in [0.15, 0.2) is 0 Å². The SMILES string of the molecule is CO[C@H]1/C=C/CCCCC(=NO)CC/C(C)=C\C(C)[C@@H]1O. The molecule has 4 heteroatoms. The van der Waals surface area contributed by atoms with Gasteiger partial charge in [0.1, 0.15) is 6.10 Å². The van der Waals surface area contributed by atoms with E-state index in [2.05, 4.69) is 24.2 Å². The molecule has 0 aromatic rings. The van der Waals surface area contributed by atoms with Crippen molar-refractivity contribution >= 4 is 5.71 Å². The van der Waals surface area contributed by atoms with Crippen molar-refractivity contribution < 1.29 is 15.1 Å². The maximum atomic E-state index is 10.4. The summed E-state index contributed by atoms with van der Waals surface area (Å²) in [6.07, 6.45) is 10.8. The molecule has 0 amide bonds. The smallest absolute Gasteiger partial charge is 0.102 e. The average Bonchev–Trinajstić information content (AvgIpc) is 2.48. The van der Waals surface area contributed by atoms with Gasteiger partial charge in [-0.2, -0.15) is 0 Å². The number of hydrogen-bond donors (Lipinski definition) is 2. The first kappa shape index (κ1) is 17.9. The summed E-state index contributed by atoms with van der Waals surface area (Å²) in [7, 11) is 1.63. The van der Waals surface area contributed by atoms with Gasteiger partial charge in [0.2, 0.25) is 0 Å². The fraction of sp³-hybridized carbons (Fsp3) is 0.706. The molecule has 0 saturated carbocycles. The molecule has 0 radical (unpaired) electrons. The summed E-state index contributed by atoms with van der Waals surface area (Å²) >= 11 is 0. The molecule has 0 fully saturated rings. The molecule has 21 heavy (non-hydrogen) atoms. The highest BCUT2D eigenvalue weighted by molar-refractivity contribution is 5.84. The molecule has 2 N–H and O–H groups in total. The molecule has 0 aromatic carbocycles. The first-order valence-corrected chi connectivity index (χ1v) is 7.83. The molecule has 120 valence electrons. The van der Waals surface area contributed by atoms with Crippen LogP contribution in [0.1, 0.15) is 52.4 Å². The molecule has 0 aliphatic heterocycles. The van der Waals surface area contributed by atoms with Crippen molar-refractivity contribution in [3.05, 3.63) is 23.8 Å². The van der Waals surface area contributed by atoms with Crippen LogP contribution in [0.2, 0.25) is 0 Å². The lowest BCUT2D eigenvalue weighted by atomic mass is 9.94. The predicted octanol–water partition coefficient (Wildman–Crippen LogP) is 3.69. The maximum absolute atomic E-state index is 10.4. The zero-order valence-electron chi connectivity index (χ0n) is 13.5. The minimum absolute atomic E-state index is 0.0251. The van der Waals surface area contributed by atoms with E-state index in [0.29, 0.717) is 0 Å². The second-order valence-electron chi connectivity index (χ2n) is 5.90. The second kappa shape index (κ2) is 9.74. The van der Waals surface area contributed by atoms with Crippen LogP contribution in [-0.2, 0) is 4.74 Å². The number of rotatable bonds is 1. The van der Waals surface area contributed by atoms with E-state index in [0.717, 1.165) is 44.2 Å². The largest absolute Gasteiger partial charge is 0.411 e. The monoisotopic (exact) mass is 295 g/mol. The van der Waals surface area contributed by atoms with Gasteiger partial charge in [0.25, 0.3) is 0 Å². The summed E-state index contributed by atoms with van der Waals surface area (Å²) in [5.41, 5.74) is 2.07. The third-order valence-corrected chi connectivity index (χ3v) is 4.06.